The van der Waals surface area contributed by atoms with Gasteiger partial charge in [0.2, 0.25) is 0 Å². The van der Waals surface area contributed by atoms with Gasteiger partial charge in [0, 0.05) is 25.3 Å². The monoisotopic (exact) mass is 346 g/mol. The van der Waals surface area contributed by atoms with E-state index in [0.29, 0.717) is 11.3 Å². The molecular weight excluding hydrogens is 330 g/mol. The van der Waals surface area contributed by atoms with Crippen molar-refractivity contribution in [1.82, 2.24) is 5.32 Å². The van der Waals surface area contributed by atoms with Crippen LogP contribution in [0.3, 0.4) is 0 Å². The van der Waals surface area contributed by atoms with Crippen LogP contribution in [0, 0.1) is 23.0 Å². The Balaban J connectivity index is 2.10. The summed E-state index contributed by atoms with van der Waals surface area (Å²) in [5, 5.41) is 11.3. The number of methoxy groups -OCH3 is 2. The topological polar surface area (TPSA) is 71.3 Å². The summed E-state index contributed by atoms with van der Waals surface area (Å²) in [6, 6.07) is 9.82. The van der Waals surface area contributed by atoms with Gasteiger partial charge in [0.15, 0.2) is 6.10 Å². The Labute approximate surface area is 143 Å². The number of nitrogens with one attached hydrogen (secondary N) is 1. The molecule has 25 heavy (non-hydrogen) atoms. The Morgan fingerprint density at radius 3 is 2.52 bits per heavy atom. The van der Waals surface area contributed by atoms with Crippen LogP contribution in [0.15, 0.2) is 36.4 Å². The van der Waals surface area contributed by atoms with Crippen LogP contribution in [0.25, 0.3) is 0 Å². The molecule has 1 N–H and O–H groups in total. The molecule has 2 aromatic rings. The molecule has 130 valence electrons. The molecule has 0 aromatic heterocycles. The van der Waals surface area contributed by atoms with Crippen molar-refractivity contribution in [2.24, 2.45) is 0 Å². The van der Waals surface area contributed by atoms with Gasteiger partial charge in [0.05, 0.1) is 12.7 Å². The van der Waals surface area contributed by atoms with E-state index in [1.807, 2.05) is 0 Å². The molecule has 2 rings (SSSR count). The highest BCUT2D eigenvalue weighted by Gasteiger charge is 2.23. The second-order valence-electron chi connectivity index (χ2n) is 5.15. The molecular formula is C18H16F2N2O3. The maximum atomic E-state index is 14.1. The van der Waals surface area contributed by atoms with E-state index in [-0.39, 0.29) is 17.7 Å². The summed E-state index contributed by atoms with van der Waals surface area (Å²) in [6.07, 6.45) is -1.16. The molecule has 0 aliphatic heterocycles. The minimum atomic E-state index is -1.16. The van der Waals surface area contributed by atoms with E-state index < -0.39 is 23.6 Å². The number of halogens is 2. The molecule has 0 fully saturated rings. The standard InChI is InChI=1S/C18H16F2N2O3/c1-24-13-5-6-14(16(20)8-13)17(25-2)18(23)22-10-11-3-4-12(9-21)15(19)7-11/h3-8,17H,10H2,1-2H3,(H,22,23)/t17-/m0/s1. The average molecular weight is 346 g/mol. The van der Waals surface area contributed by atoms with E-state index in [1.54, 1.807) is 6.07 Å². The molecule has 0 saturated heterocycles. The molecule has 0 bridgehead atoms. The minimum Gasteiger partial charge on any atom is -0.497 e. The maximum Gasteiger partial charge on any atom is 0.254 e. The highest BCUT2D eigenvalue weighted by atomic mass is 19.1. The Morgan fingerprint density at radius 2 is 1.96 bits per heavy atom. The van der Waals surface area contributed by atoms with E-state index in [9.17, 15) is 13.6 Å². The lowest BCUT2D eigenvalue weighted by Gasteiger charge is -2.17. The molecule has 0 unspecified atom stereocenters. The quantitative estimate of drug-likeness (QED) is 0.873. The fourth-order valence-electron chi connectivity index (χ4n) is 2.26. The maximum absolute atomic E-state index is 14.1. The molecule has 0 radical (unpaired) electrons. The van der Waals surface area contributed by atoms with E-state index in [1.165, 1.54) is 38.5 Å². The first kappa shape index (κ1) is 18.4. The summed E-state index contributed by atoms with van der Waals surface area (Å²) in [5.74, 6) is -1.55. The second kappa shape index (κ2) is 8.22. The predicted molar refractivity (Wildman–Crippen MR) is 85.7 cm³/mol. The van der Waals surface area contributed by atoms with Gasteiger partial charge in [-0.1, -0.05) is 6.07 Å². The van der Waals surface area contributed by atoms with E-state index in [0.717, 1.165) is 12.1 Å². The summed E-state index contributed by atoms with van der Waals surface area (Å²) in [6.45, 7) is 0.0130. The molecule has 0 aliphatic carbocycles. The number of hydrogen-bond acceptors (Lipinski definition) is 4. The zero-order valence-corrected chi connectivity index (χ0v) is 13.7. The van der Waals surface area contributed by atoms with Crippen LogP contribution in [0.1, 0.15) is 22.8 Å². The van der Waals surface area contributed by atoms with Crippen LogP contribution in [0.5, 0.6) is 5.75 Å². The van der Waals surface area contributed by atoms with Crippen LogP contribution in [0.2, 0.25) is 0 Å². The Hall–Kier alpha value is -2.98. The molecule has 1 atom stereocenters. The first-order valence-corrected chi connectivity index (χ1v) is 7.32. The second-order valence-corrected chi connectivity index (χ2v) is 5.15. The summed E-state index contributed by atoms with van der Waals surface area (Å²) < 4.78 is 37.7. The average Bonchev–Trinajstić information content (AvgIpc) is 2.61. The largest absolute Gasteiger partial charge is 0.497 e. The van der Waals surface area contributed by atoms with Gasteiger partial charge < -0.3 is 14.8 Å². The van der Waals surface area contributed by atoms with Crippen molar-refractivity contribution in [1.29, 1.82) is 5.26 Å². The van der Waals surface area contributed by atoms with Crippen LogP contribution < -0.4 is 10.1 Å². The van der Waals surface area contributed by atoms with E-state index in [4.69, 9.17) is 14.7 Å². The number of nitriles is 1. The summed E-state index contributed by atoms with van der Waals surface area (Å²) >= 11 is 0. The number of carbonyl (C=O) groups excluding carboxylic acids is 1. The number of carbonyl (C=O) groups is 1. The highest BCUT2D eigenvalue weighted by molar-refractivity contribution is 5.82. The zero-order chi connectivity index (χ0) is 18.4. The normalized spacial score (nSPS) is 11.5. The van der Waals surface area contributed by atoms with Crippen LogP contribution in [-0.2, 0) is 16.1 Å². The lowest BCUT2D eigenvalue weighted by Crippen LogP contribution is -2.30. The number of hydrogen-bond donors (Lipinski definition) is 1. The van der Waals surface area contributed by atoms with Crippen molar-refractivity contribution >= 4 is 5.91 Å². The van der Waals surface area contributed by atoms with Crippen molar-refractivity contribution in [3.05, 3.63) is 64.7 Å². The number of nitrogens with zero attached hydrogens (tertiary/aromatic N) is 1. The van der Waals surface area contributed by atoms with Crippen molar-refractivity contribution in [3.63, 3.8) is 0 Å². The van der Waals surface area contributed by atoms with Crippen molar-refractivity contribution in [3.8, 4) is 11.8 Å². The molecule has 2 aromatic carbocycles. The molecule has 1 amide bonds. The van der Waals surface area contributed by atoms with Gasteiger partial charge in [-0.25, -0.2) is 8.78 Å². The van der Waals surface area contributed by atoms with Gasteiger partial charge in [-0.2, -0.15) is 5.26 Å². The summed E-state index contributed by atoms with van der Waals surface area (Å²) in [5.41, 5.74) is 0.451. The number of amides is 1. The molecule has 0 heterocycles. The zero-order valence-electron chi connectivity index (χ0n) is 13.7. The Kier molecular flexibility index (Phi) is 6.03. The van der Waals surface area contributed by atoms with Gasteiger partial charge in [-0.05, 0) is 29.8 Å². The van der Waals surface area contributed by atoms with E-state index >= 15 is 0 Å². The van der Waals surface area contributed by atoms with Crippen molar-refractivity contribution < 1.29 is 23.0 Å². The highest BCUT2D eigenvalue weighted by Crippen LogP contribution is 2.24. The lowest BCUT2D eigenvalue weighted by molar-refractivity contribution is -0.131. The third-order valence-corrected chi connectivity index (χ3v) is 3.58. The number of rotatable bonds is 6. The summed E-state index contributed by atoms with van der Waals surface area (Å²) in [7, 11) is 2.70. The SMILES string of the molecule is COc1ccc([C@H](OC)C(=O)NCc2ccc(C#N)c(F)c2)c(F)c1. The lowest BCUT2D eigenvalue weighted by atomic mass is 10.1. The number of benzene rings is 2. The fourth-order valence-corrected chi connectivity index (χ4v) is 2.26. The first-order valence-electron chi connectivity index (χ1n) is 7.32. The predicted octanol–water partition coefficient (Wildman–Crippen LogP) is 2.85. The smallest absolute Gasteiger partial charge is 0.254 e. The number of ether oxygens (including phenoxy) is 2. The molecule has 7 heteroatoms. The third kappa shape index (κ3) is 4.31. The summed E-state index contributed by atoms with van der Waals surface area (Å²) in [4.78, 5) is 12.3. The van der Waals surface area contributed by atoms with Crippen LogP contribution in [-0.4, -0.2) is 20.1 Å². The van der Waals surface area contributed by atoms with Gasteiger partial charge in [-0.15, -0.1) is 0 Å². The molecule has 0 saturated carbocycles. The van der Waals surface area contributed by atoms with Crippen LogP contribution in [0.4, 0.5) is 8.78 Å². The molecule has 0 aliphatic rings. The third-order valence-electron chi connectivity index (χ3n) is 3.58. The van der Waals surface area contributed by atoms with Gasteiger partial charge in [0.25, 0.3) is 5.91 Å². The van der Waals surface area contributed by atoms with Crippen molar-refractivity contribution in [2.75, 3.05) is 14.2 Å². The van der Waals surface area contributed by atoms with Crippen LogP contribution >= 0.6 is 0 Å². The Bertz CT molecular complexity index is 818. The van der Waals surface area contributed by atoms with Crippen molar-refractivity contribution in [2.45, 2.75) is 12.6 Å². The Morgan fingerprint density at radius 1 is 1.20 bits per heavy atom. The molecule has 0 spiro atoms. The van der Waals surface area contributed by atoms with E-state index in [2.05, 4.69) is 5.32 Å². The first-order chi connectivity index (χ1) is 12.0. The van der Waals surface area contributed by atoms with Gasteiger partial charge in [0.1, 0.15) is 23.5 Å². The minimum absolute atomic E-state index is 0.0130. The molecule has 5 nitrogen and oxygen atoms in total. The van der Waals surface area contributed by atoms with Gasteiger partial charge in [-0.3, -0.25) is 4.79 Å². The fraction of sp³-hybridized carbons (Fsp3) is 0.222. The van der Waals surface area contributed by atoms with Gasteiger partial charge >= 0.3 is 0 Å².